The predicted octanol–water partition coefficient (Wildman–Crippen LogP) is 2.81. The SMILES string of the molecule is COc1c[nH]c(CN([N+]#N)c2cccc(Cl)c2)cc1=O. The van der Waals surface area contributed by atoms with E-state index in [0.717, 1.165) is 0 Å². The summed E-state index contributed by atoms with van der Waals surface area (Å²) in [6.07, 6.45) is 1.46. The molecule has 6 nitrogen and oxygen atoms in total. The standard InChI is InChI=1S/C13H11ClN4O2/c1-20-13-7-16-10(6-12(13)19)8-18(17-15)11-4-2-3-9(14)5-11/h2-7H,8H2,1H3/p+1. The van der Waals surface area contributed by atoms with Crippen LogP contribution in [0.1, 0.15) is 5.69 Å². The molecule has 102 valence electrons. The van der Waals surface area contributed by atoms with Crippen molar-refractivity contribution in [3.63, 3.8) is 0 Å². The van der Waals surface area contributed by atoms with E-state index in [2.05, 4.69) is 10.1 Å². The Kier molecular flexibility index (Phi) is 4.23. The number of aromatic nitrogens is 1. The number of hydrogen-bond acceptors (Lipinski definition) is 4. The lowest BCUT2D eigenvalue weighted by atomic mass is 10.3. The Morgan fingerprint density at radius 1 is 1.45 bits per heavy atom. The third kappa shape index (κ3) is 3.08. The Morgan fingerprint density at radius 3 is 2.85 bits per heavy atom. The van der Waals surface area contributed by atoms with Crippen molar-refractivity contribution >= 4 is 17.3 Å². The van der Waals surface area contributed by atoms with Crippen LogP contribution in [0, 0.1) is 5.39 Å². The quantitative estimate of drug-likeness (QED) is 0.694. The first kappa shape index (κ1) is 13.9. The van der Waals surface area contributed by atoms with Crippen LogP contribution >= 0.6 is 11.6 Å². The van der Waals surface area contributed by atoms with Gasteiger partial charge in [-0.25, -0.2) is 0 Å². The van der Waals surface area contributed by atoms with Gasteiger partial charge in [-0.3, -0.25) is 4.79 Å². The van der Waals surface area contributed by atoms with E-state index in [0.29, 0.717) is 16.4 Å². The van der Waals surface area contributed by atoms with Crippen molar-refractivity contribution < 1.29 is 4.74 Å². The molecule has 2 rings (SSSR count). The molecule has 7 heteroatoms. The van der Waals surface area contributed by atoms with E-state index >= 15 is 0 Å². The zero-order chi connectivity index (χ0) is 14.5. The van der Waals surface area contributed by atoms with Gasteiger partial charge in [0.05, 0.1) is 7.11 Å². The van der Waals surface area contributed by atoms with E-state index < -0.39 is 0 Å². The van der Waals surface area contributed by atoms with Crippen molar-refractivity contribution in [3.05, 3.63) is 62.6 Å². The number of benzene rings is 1. The minimum Gasteiger partial charge on any atom is -0.491 e. The van der Waals surface area contributed by atoms with Crippen LogP contribution in [-0.2, 0) is 6.54 Å². The Morgan fingerprint density at radius 2 is 2.25 bits per heavy atom. The van der Waals surface area contributed by atoms with E-state index in [4.69, 9.17) is 21.7 Å². The van der Waals surface area contributed by atoms with Crippen LogP contribution in [-0.4, -0.2) is 12.1 Å². The highest BCUT2D eigenvalue weighted by molar-refractivity contribution is 6.30. The third-order valence-corrected chi connectivity index (χ3v) is 2.93. The van der Waals surface area contributed by atoms with Gasteiger partial charge in [0.2, 0.25) is 5.43 Å². The molecule has 0 aliphatic heterocycles. The van der Waals surface area contributed by atoms with Crippen LogP contribution in [0.25, 0.3) is 5.08 Å². The van der Waals surface area contributed by atoms with Crippen LogP contribution in [0.2, 0.25) is 5.02 Å². The maximum absolute atomic E-state index is 11.7. The number of nitrogens with zero attached hydrogens (tertiary/aromatic N) is 3. The number of rotatable bonds is 4. The number of halogens is 1. The summed E-state index contributed by atoms with van der Waals surface area (Å²) < 4.78 is 4.88. The molecule has 0 aliphatic carbocycles. The molecule has 0 unspecified atom stereocenters. The van der Waals surface area contributed by atoms with Gasteiger partial charge in [-0.15, -0.1) is 0 Å². The number of ether oxygens (including phenoxy) is 1. The molecule has 1 aromatic carbocycles. The molecule has 0 atom stereocenters. The molecular weight excluding hydrogens is 280 g/mol. The predicted molar refractivity (Wildman–Crippen MR) is 76.3 cm³/mol. The Balaban J connectivity index is 2.25. The Bertz CT molecular complexity index is 708. The molecule has 1 heterocycles. The van der Waals surface area contributed by atoms with Gasteiger partial charge in [0.15, 0.2) is 5.75 Å². The minimum atomic E-state index is -0.245. The van der Waals surface area contributed by atoms with Gasteiger partial charge in [0, 0.05) is 28.0 Å². The first-order chi connectivity index (χ1) is 9.63. The summed E-state index contributed by atoms with van der Waals surface area (Å²) in [5.41, 5.74) is 0.940. The maximum Gasteiger partial charge on any atom is 0.311 e. The van der Waals surface area contributed by atoms with Gasteiger partial charge in [-0.2, -0.15) is 0 Å². The second-order valence-electron chi connectivity index (χ2n) is 4.02. The first-order valence-corrected chi connectivity index (χ1v) is 6.15. The lowest BCUT2D eigenvalue weighted by Crippen LogP contribution is -2.16. The van der Waals surface area contributed by atoms with Gasteiger partial charge < -0.3 is 9.72 Å². The lowest BCUT2D eigenvalue weighted by molar-refractivity contribution is 0.408. The summed E-state index contributed by atoms with van der Waals surface area (Å²) in [6.45, 7) is 0.191. The second kappa shape index (κ2) is 6.08. The van der Waals surface area contributed by atoms with Crippen molar-refractivity contribution in [2.45, 2.75) is 6.54 Å². The van der Waals surface area contributed by atoms with E-state index in [1.54, 1.807) is 24.3 Å². The molecule has 20 heavy (non-hydrogen) atoms. The number of nitrogens with one attached hydrogen (secondary N) is 1. The molecule has 1 N–H and O–H groups in total. The highest BCUT2D eigenvalue weighted by Gasteiger charge is 2.18. The largest absolute Gasteiger partial charge is 0.491 e. The Hall–Kier alpha value is -2.52. The van der Waals surface area contributed by atoms with Crippen LogP contribution in [0.4, 0.5) is 5.69 Å². The summed E-state index contributed by atoms with van der Waals surface area (Å²) in [6, 6.07) is 8.25. The van der Waals surface area contributed by atoms with Crippen molar-refractivity contribution in [2.75, 3.05) is 12.1 Å². The van der Waals surface area contributed by atoms with Crippen LogP contribution < -0.4 is 15.2 Å². The highest BCUT2D eigenvalue weighted by atomic mass is 35.5. The highest BCUT2D eigenvalue weighted by Crippen LogP contribution is 2.21. The van der Waals surface area contributed by atoms with Crippen molar-refractivity contribution in [1.29, 1.82) is 5.39 Å². The number of methoxy groups -OCH3 is 1. The molecule has 0 radical (unpaired) electrons. The van der Waals surface area contributed by atoms with E-state index in [1.807, 2.05) is 0 Å². The molecule has 2 aromatic rings. The summed E-state index contributed by atoms with van der Waals surface area (Å²) >= 11 is 5.89. The number of aromatic amines is 1. The monoisotopic (exact) mass is 291 g/mol. The zero-order valence-corrected chi connectivity index (χ0v) is 11.5. The van der Waals surface area contributed by atoms with E-state index in [-0.39, 0.29) is 17.7 Å². The smallest absolute Gasteiger partial charge is 0.311 e. The number of H-pyrrole nitrogens is 1. The number of diazo groups is 1. The molecule has 0 aliphatic rings. The summed E-state index contributed by atoms with van der Waals surface area (Å²) in [4.78, 5) is 14.6. The topological polar surface area (TPSA) is 73.5 Å². The van der Waals surface area contributed by atoms with Gasteiger partial charge >= 0.3 is 5.08 Å². The number of hydrogen-bond donors (Lipinski definition) is 1. The van der Waals surface area contributed by atoms with E-state index in [9.17, 15) is 4.79 Å². The van der Waals surface area contributed by atoms with Gasteiger partial charge in [-0.1, -0.05) is 17.7 Å². The average molecular weight is 292 g/mol. The van der Waals surface area contributed by atoms with Gasteiger partial charge in [-0.05, 0) is 18.2 Å². The molecule has 0 amide bonds. The molecule has 0 saturated carbocycles. The molecule has 0 bridgehead atoms. The minimum absolute atomic E-state index is 0.191. The van der Waals surface area contributed by atoms with E-state index in [1.165, 1.54) is 24.4 Å². The fourth-order valence-corrected chi connectivity index (χ4v) is 1.91. The molecule has 0 spiro atoms. The Labute approximate surface area is 120 Å². The van der Waals surface area contributed by atoms with Crippen molar-refractivity contribution in [2.24, 2.45) is 0 Å². The normalized spacial score (nSPS) is 9.85. The molecular formula is C13H12ClN4O2+. The van der Waals surface area contributed by atoms with Crippen LogP contribution in [0.15, 0.2) is 41.3 Å². The van der Waals surface area contributed by atoms with Crippen LogP contribution in [0.5, 0.6) is 5.75 Å². The summed E-state index contributed by atoms with van der Waals surface area (Å²) in [7, 11) is 1.42. The molecule has 0 saturated heterocycles. The lowest BCUT2D eigenvalue weighted by Gasteiger charge is -2.06. The average Bonchev–Trinajstić information content (AvgIpc) is 2.45. The van der Waals surface area contributed by atoms with Gasteiger partial charge in [0.1, 0.15) is 12.2 Å². The zero-order valence-electron chi connectivity index (χ0n) is 10.7. The first-order valence-electron chi connectivity index (χ1n) is 5.77. The third-order valence-electron chi connectivity index (χ3n) is 2.69. The molecule has 1 aromatic heterocycles. The second-order valence-corrected chi connectivity index (χ2v) is 4.45. The molecule has 0 fully saturated rings. The number of anilines is 1. The van der Waals surface area contributed by atoms with Gasteiger partial charge in [0.25, 0.3) is 5.39 Å². The van der Waals surface area contributed by atoms with Crippen molar-refractivity contribution in [1.82, 2.24) is 4.98 Å². The maximum atomic E-state index is 11.7. The van der Waals surface area contributed by atoms with Crippen LogP contribution in [0.3, 0.4) is 0 Å². The number of pyridine rings is 1. The summed E-state index contributed by atoms with van der Waals surface area (Å²) in [5.74, 6) is 0.226. The van der Waals surface area contributed by atoms with Crippen molar-refractivity contribution in [3.8, 4) is 5.75 Å². The fraction of sp³-hybridized carbons (Fsp3) is 0.154. The summed E-state index contributed by atoms with van der Waals surface area (Å²) in [5, 5.41) is 14.1. The fourth-order valence-electron chi connectivity index (χ4n) is 1.72.